The minimum Gasteiger partial charge on any atom is -0.351 e. The zero-order valence-corrected chi connectivity index (χ0v) is 12.7. The number of aromatic nitrogens is 3. The first-order valence-corrected chi connectivity index (χ1v) is 7.13. The highest BCUT2D eigenvalue weighted by atomic mass is 15.3. The maximum atomic E-state index is 5.58. The Morgan fingerprint density at radius 2 is 2.05 bits per heavy atom. The van der Waals surface area contributed by atoms with E-state index in [1.807, 2.05) is 18.2 Å². The van der Waals surface area contributed by atoms with Crippen LogP contribution in [0.15, 0.2) is 30.7 Å². The van der Waals surface area contributed by atoms with Crippen molar-refractivity contribution in [2.24, 2.45) is 5.84 Å². The number of nitrogen functional groups attached to an aromatic ring is 1. The van der Waals surface area contributed by atoms with Crippen molar-refractivity contribution in [2.45, 2.75) is 33.2 Å². The molecule has 0 unspecified atom stereocenters. The van der Waals surface area contributed by atoms with E-state index in [0.717, 1.165) is 23.6 Å². The molecule has 0 saturated carbocycles. The van der Waals surface area contributed by atoms with Gasteiger partial charge >= 0.3 is 0 Å². The van der Waals surface area contributed by atoms with Gasteiger partial charge in [0.25, 0.3) is 0 Å². The molecule has 0 aliphatic heterocycles. The van der Waals surface area contributed by atoms with Crippen molar-refractivity contribution < 1.29 is 0 Å². The number of nitrogens with two attached hydrogens (primary N) is 1. The Kier molecular flexibility index (Phi) is 5.05. The first-order chi connectivity index (χ1) is 10.2. The van der Waals surface area contributed by atoms with Crippen LogP contribution in [0.1, 0.15) is 37.9 Å². The highest BCUT2D eigenvalue weighted by molar-refractivity contribution is 5.59. The maximum absolute atomic E-state index is 5.58. The van der Waals surface area contributed by atoms with Crippen LogP contribution in [0.5, 0.6) is 0 Å². The summed E-state index contributed by atoms with van der Waals surface area (Å²) in [6.45, 7) is 7.86. The molecule has 0 aromatic carbocycles. The van der Waals surface area contributed by atoms with Crippen molar-refractivity contribution in [3.8, 4) is 0 Å². The van der Waals surface area contributed by atoms with Crippen molar-refractivity contribution in [3.05, 3.63) is 42.0 Å². The standard InChI is InChI=1S/C15H22N6/c1-4-21(9-12-7-5-6-8-17-12)15-13(11(2)3)14(20-16)18-10-19-15/h5-8,10-11H,4,9,16H2,1-3H3,(H,18,19,20). The number of nitrogens with one attached hydrogen (secondary N) is 1. The molecule has 0 aliphatic carbocycles. The molecule has 6 nitrogen and oxygen atoms in total. The number of hydrogen-bond acceptors (Lipinski definition) is 6. The summed E-state index contributed by atoms with van der Waals surface area (Å²) >= 11 is 0. The molecule has 0 bridgehead atoms. The van der Waals surface area contributed by atoms with Crippen LogP contribution in [0.2, 0.25) is 0 Å². The lowest BCUT2D eigenvalue weighted by Gasteiger charge is -2.26. The first-order valence-electron chi connectivity index (χ1n) is 7.13. The fourth-order valence-corrected chi connectivity index (χ4v) is 2.31. The molecule has 2 heterocycles. The number of hydrazine groups is 1. The number of rotatable bonds is 6. The van der Waals surface area contributed by atoms with Gasteiger partial charge in [-0.3, -0.25) is 4.98 Å². The van der Waals surface area contributed by atoms with Crippen LogP contribution in [0, 0.1) is 0 Å². The SMILES string of the molecule is CCN(Cc1ccccn1)c1ncnc(NN)c1C(C)C. The normalized spacial score (nSPS) is 10.7. The van der Waals surface area contributed by atoms with Gasteiger partial charge < -0.3 is 10.3 Å². The molecule has 21 heavy (non-hydrogen) atoms. The van der Waals surface area contributed by atoms with E-state index in [0.29, 0.717) is 12.4 Å². The fraction of sp³-hybridized carbons (Fsp3) is 0.400. The van der Waals surface area contributed by atoms with E-state index in [-0.39, 0.29) is 5.92 Å². The molecule has 6 heteroatoms. The van der Waals surface area contributed by atoms with Gasteiger partial charge in [-0.05, 0) is 25.0 Å². The van der Waals surface area contributed by atoms with E-state index >= 15 is 0 Å². The van der Waals surface area contributed by atoms with E-state index in [1.165, 1.54) is 6.33 Å². The number of hydrogen-bond donors (Lipinski definition) is 2. The summed E-state index contributed by atoms with van der Waals surface area (Å²) in [5.74, 6) is 7.43. The van der Waals surface area contributed by atoms with Crippen LogP contribution >= 0.6 is 0 Å². The van der Waals surface area contributed by atoms with Crippen LogP contribution in [0.25, 0.3) is 0 Å². The second-order valence-corrected chi connectivity index (χ2v) is 5.09. The van der Waals surface area contributed by atoms with E-state index in [2.05, 4.69) is 46.0 Å². The summed E-state index contributed by atoms with van der Waals surface area (Å²) in [6, 6.07) is 5.92. The second-order valence-electron chi connectivity index (χ2n) is 5.09. The van der Waals surface area contributed by atoms with Crippen LogP contribution in [-0.4, -0.2) is 21.5 Å². The molecule has 112 valence electrons. The van der Waals surface area contributed by atoms with Gasteiger partial charge in [0.15, 0.2) is 0 Å². The maximum Gasteiger partial charge on any atom is 0.148 e. The van der Waals surface area contributed by atoms with Crippen LogP contribution in [-0.2, 0) is 6.54 Å². The van der Waals surface area contributed by atoms with Gasteiger partial charge in [0, 0.05) is 18.3 Å². The Labute approximate surface area is 125 Å². The summed E-state index contributed by atoms with van der Waals surface area (Å²) in [5.41, 5.74) is 4.70. The van der Waals surface area contributed by atoms with Crippen molar-refractivity contribution in [1.82, 2.24) is 15.0 Å². The molecule has 0 spiro atoms. The highest BCUT2D eigenvalue weighted by Crippen LogP contribution is 2.30. The van der Waals surface area contributed by atoms with Gasteiger partial charge in [-0.25, -0.2) is 15.8 Å². The lowest BCUT2D eigenvalue weighted by molar-refractivity contribution is 0.760. The lowest BCUT2D eigenvalue weighted by atomic mass is 10.0. The molecule has 0 fully saturated rings. The Morgan fingerprint density at radius 1 is 1.24 bits per heavy atom. The molecule has 0 radical (unpaired) electrons. The Balaban J connectivity index is 2.38. The van der Waals surface area contributed by atoms with E-state index < -0.39 is 0 Å². The number of anilines is 2. The molecule has 2 aromatic heterocycles. The topological polar surface area (TPSA) is 80.0 Å². The summed E-state index contributed by atoms with van der Waals surface area (Å²) in [6.07, 6.45) is 3.34. The molecular formula is C15H22N6. The molecule has 0 aliphatic rings. The molecular weight excluding hydrogens is 264 g/mol. The first kappa shape index (κ1) is 15.2. The molecule has 0 amide bonds. The van der Waals surface area contributed by atoms with Crippen LogP contribution in [0.4, 0.5) is 11.6 Å². The summed E-state index contributed by atoms with van der Waals surface area (Å²) in [4.78, 5) is 15.2. The van der Waals surface area contributed by atoms with Crippen molar-refractivity contribution in [2.75, 3.05) is 16.9 Å². The minimum absolute atomic E-state index is 0.269. The Hall–Kier alpha value is -2.21. The van der Waals surface area contributed by atoms with E-state index in [9.17, 15) is 0 Å². The Morgan fingerprint density at radius 3 is 2.62 bits per heavy atom. The highest BCUT2D eigenvalue weighted by Gasteiger charge is 2.19. The third-order valence-corrected chi connectivity index (χ3v) is 3.34. The molecule has 3 N–H and O–H groups in total. The number of pyridine rings is 1. The average molecular weight is 286 g/mol. The monoisotopic (exact) mass is 286 g/mol. The van der Waals surface area contributed by atoms with Crippen molar-refractivity contribution in [3.63, 3.8) is 0 Å². The van der Waals surface area contributed by atoms with Crippen molar-refractivity contribution in [1.29, 1.82) is 0 Å². The fourth-order valence-electron chi connectivity index (χ4n) is 2.31. The van der Waals surface area contributed by atoms with Gasteiger partial charge in [0.05, 0.1) is 12.2 Å². The largest absolute Gasteiger partial charge is 0.351 e. The number of nitrogens with zero attached hydrogens (tertiary/aromatic N) is 4. The quantitative estimate of drug-likeness (QED) is 0.626. The van der Waals surface area contributed by atoms with Gasteiger partial charge in [-0.2, -0.15) is 0 Å². The van der Waals surface area contributed by atoms with Gasteiger partial charge in [0.1, 0.15) is 18.0 Å². The summed E-state index contributed by atoms with van der Waals surface area (Å²) in [5, 5.41) is 0. The predicted octanol–water partition coefficient (Wildman–Crippen LogP) is 2.31. The summed E-state index contributed by atoms with van der Waals surface area (Å²) < 4.78 is 0. The minimum atomic E-state index is 0.269. The molecule has 0 saturated heterocycles. The van der Waals surface area contributed by atoms with E-state index in [1.54, 1.807) is 6.20 Å². The van der Waals surface area contributed by atoms with Gasteiger partial charge in [-0.15, -0.1) is 0 Å². The third kappa shape index (κ3) is 3.46. The molecule has 2 rings (SSSR count). The summed E-state index contributed by atoms with van der Waals surface area (Å²) in [7, 11) is 0. The molecule has 2 aromatic rings. The zero-order chi connectivity index (χ0) is 15.2. The van der Waals surface area contributed by atoms with Crippen molar-refractivity contribution >= 4 is 11.6 Å². The zero-order valence-electron chi connectivity index (χ0n) is 12.7. The van der Waals surface area contributed by atoms with Gasteiger partial charge in [-0.1, -0.05) is 19.9 Å². The van der Waals surface area contributed by atoms with Gasteiger partial charge in [0.2, 0.25) is 0 Å². The Bertz CT molecular complexity index is 570. The smallest absolute Gasteiger partial charge is 0.148 e. The lowest BCUT2D eigenvalue weighted by Crippen LogP contribution is -2.26. The third-order valence-electron chi connectivity index (χ3n) is 3.34. The average Bonchev–Trinajstić information content (AvgIpc) is 2.52. The van der Waals surface area contributed by atoms with Crippen LogP contribution < -0.4 is 16.2 Å². The van der Waals surface area contributed by atoms with Crippen LogP contribution in [0.3, 0.4) is 0 Å². The second kappa shape index (κ2) is 6.99. The predicted molar refractivity (Wildman–Crippen MR) is 84.9 cm³/mol. The van der Waals surface area contributed by atoms with E-state index in [4.69, 9.17) is 5.84 Å². The molecule has 0 atom stereocenters.